The number of aromatic nitrogens is 2. The van der Waals surface area contributed by atoms with Gasteiger partial charge in [-0.25, -0.2) is 4.98 Å². The van der Waals surface area contributed by atoms with E-state index in [1.54, 1.807) is 56.3 Å². The predicted molar refractivity (Wildman–Crippen MR) is 260 cm³/mol. The Hall–Kier alpha value is -6.02. The summed E-state index contributed by atoms with van der Waals surface area (Å²) in [5.74, 6) is -1.14. The molecule has 2 fully saturated rings. The van der Waals surface area contributed by atoms with Gasteiger partial charge in [0.1, 0.15) is 35.2 Å². The maximum Gasteiger partial charge on any atom is 0.245 e. The number of hydrogen-bond acceptors (Lipinski definition) is 8. The predicted octanol–water partition coefficient (Wildman–Crippen LogP) is 7.75. The van der Waals surface area contributed by atoms with E-state index in [1.165, 1.54) is 29.6 Å². The number of Topliss-reactive ketones (excluding diaryl/α,β-unsaturated/α-hetero) is 1. The van der Waals surface area contributed by atoms with Gasteiger partial charge < -0.3 is 29.3 Å². The molecular formula is C52H59Cl2N7O6. The van der Waals surface area contributed by atoms with Crippen LogP contribution in [0, 0.1) is 5.92 Å². The lowest BCUT2D eigenvalue weighted by atomic mass is 9.93. The van der Waals surface area contributed by atoms with Gasteiger partial charge in [0, 0.05) is 61.7 Å². The molecule has 7 rings (SSSR count). The van der Waals surface area contributed by atoms with Crippen LogP contribution in [-0.4, -0.2) is 110 Å². The number of ketones is 1. The molecule has 352 valence electrons. The average molecular weight is 949 g/mol. The van der Waals surface area contributed by atoms with E-state index in [-0.39, 0.29) is 44.0 Å². The lowest BCUT2D eigenvalue weighted by Crippen LogP contribution is -2.58. The standard InChI is InChI=1S/C52H59Cl2N7O6/c1-34(62)25-45-52(66)58(4)43(27-37-13-18-41(53)19-14-37)32-57(3)51(65)40(26-36-11-7-6-8-12-36)28-49(63)61(35(2)50(64)56-45)31-39-15-20-42(54)29-47(39)67-44-21-16-38(17-22-44)46-30-55-48(59(46)5)33-60-23-9-10-24-60/h6-8,11-22,29-30,35,40,43,45H,9-10,23-28,31-33H2,1-5H3,(H,56,64)/t35-,40+,43+,45-/m0/s1. The van der Waals surface area contributed by atoms with Gasteiger partial charge >= 0.3 is 0 Å². The Morgan fingerprint density at radius 1 is 0.806 bits per heavy atom. The third-order valence-electron chi connectivity index (χ3n) is 12.9. The van der Waals surface area contributed by atoms with Crippen molar-refractivity contribution in [1.82, 2.24) is 34.5 Å². The van der Waals surface area contributed by atoms with Crippen LogP contribution in [0.25, 0.3) is 11.3 Å². The van der Waals surface area contributed by atoms with E-state index < -0.39 is 41.8 Å². The summed E-state index contributed by atoms with van der Waals surface area (Å²) in [5.41, 5.74) is 4.22. The second kappa shape index (κ2) is 22.2. The lowest BCUT2D eigenvalue weighted by Gasteiger charge is -2.37. The summed E-state index contributed by atoms with van der Waals surface area (Å²) in [6.45, 7) is 5.90. The Morgan fingerprint density at radius 3 is 2.16 bits per heavy atom. The number of rotatable bonds is 13. The fourth-order valence-corrected chi connectivity index (χ4v) is 9.25. The maximum absolute atomic E-state index is 14.9. The summed E-state index contributed by atoms with van der Waals surface area (Å²) >= 11 is 12.8. The van der Waals surface area contributed by atoms with Crippen molar-refractivity contribution in [3.63, 3.8) is 0 Å². The topological polar surface area (TPSA) is 137 Å². The summed E-state index contributed by atoms with van der Waals surface area (Å²) < 4.78 is 8.60. The Morgan fingerprint density at radius 2 is 1.48 bits per heavy atom. The largest absolute Gasteiger partial charge is 0.457 e. The molecule has 67 heavy (non-hydrogen) atoms. The second-order valence-corrected chi connectivity index (χ2v) is 18.8. The van der Waals surface area contributed by atoms with Crippen LogP contribution in [0.5, 0.6) is 11.5 Å². The molecule has 0 unspecified atom stereocenters. The van der Waals surface area contributed by atoms with Gasteiger partial charge in [-0.1, -0.05) is 71.7 Å². The van der Waals surface area contributed by atoms with Crippen LogP contribution in [0.2, 0.25) is 10.0 Å². The van der Waals surface area contributed by atoms with Gasteiger partial charge in [-0.3, -0.25) is 28.9 Å². The van der Waals surface area contributed by atoms with Crippen molar-refractivity contribution >= 4 is 52.6 Å². The van der Waals surface area contributed by atoms with E-state index in [9.17, 15) is 24.0 Å². The number of hydrogen-bond donors (Lipinski definition) is 1. The number of nitrogens with one attached hydrogen (secondary N) is 1. The van der Waals surface area contributed by atoms with Gasteiger partial charge in [0.05, 0.1) is 36.9 Å². The van der Waals surface area contributed by atoms with Crippen LogP contribution in [-0.2, 0) is 57.0 Å². The summed E-state index contributed by atoms with van der Waals surface area (Å²) in [6.07, 6.45) is 4.42. The van der Waals surface area contributed by atoms with Crippen molar-refractivity contribution in [3.05, 3.63) is 136 Å². The highest BCUT2D eigenvalue weighted by atomic mass is 35.5. The number of ether oxygens (including phenoxy) is 1. The normalized spacial score (nSPS) is 20.3. The minimum absolute atomic E-state index is 0.108. The third-order valence-corrected chi connectivity index (χ3v) is 13.4. The van der Waals surface area contributed by atoms with Crippen molar-refractivity contribution < 1.29 is 28.7 Å². The first-order valence-electron chi connectivity index (χ1n) is 22.8. The van der Waals surface area contributed by atoms with Gasteiger partial charge in [-0.2, -0.15) is 0 Å². The van der Waals surface area contributed by atoms with E-state index in [0.717, 1.165) is 47.8 Å². The number of carbonyl (C=O) groups excluding carboxylic acids is 5. The monoisotopic (exact) mass is 947 g/mol. The van der Waals surface area contributed by atoms with Crippen molar-refractivity contribution in [3.8, 4) is 22.8 Å². The first-order valence-corrected chi connectivity index (χ1v) is 23.6. The average Bonchev–Trinajstić information content (AvgIpc) is 3.97. The molecule has 2 saturated heterocycles. The van der Waals surface area contributed by atoms with Crippen molar-refractivity contribution in [2.45, 2.75) is 83.6 Å². The Balaban J connectivity index is 1.19. The quantitative estimate of drug-likeness (QED) is 0.127. The van der Waals surface area contributed by atoms with E-state index in [2.05, 4.69) is 14.8 Å². The lowest BCUT2D eigenvalue weighted by molar-refractivity contribution is -0.147. The van der Waals surface area contributed by atoms with Gasteiger partial charge in [0.15, 0.2) is 0 Å². The molecule has 0 bridgehead atoms. The zero-order valence-electron chi connectivity index (χ0n) is 38.8. The molecule has 5 aromatic rings. The zero-order valence-corrected chi connectivity index (χ0v) is 40.3. The highest BCUT2D eigenvalue weighted by Gasteiger charge is 2.37. The molecule has 1 N–H and O–H groups in total. The molecule has 0 radical (unpaired) electrons. The first kappa shape index (κ1) is 48.9. The van der Waals surface area contributed by atoms with Crippen LogP contribution in [0.1, 0.15) is 62.0 Å². The van der Waals surface area contributed by atoms with Crippen LogP contribution >= 0.6 is 23.2 Å². The summed E-state index contributed by atoms with van der Waals surface area (Å²) in [6, 6.07) is 26.5. The minimum Gasteiger partial charge on any atom is -0.457 e. The minimum atomic E-state index is -1.24. The SMILES string of the molecule is CC(=O)C[C@@H]1NC(=O)[C@H](C)N(Cc2ccc(Cl)cc2Oc2ccc(-c3cnc(CN4CCCC4)n3C)cc2)C(=O)C[C@@H](Cc2ccccc2)C(=O)N(C)C[C@@H](Cc2ccc(Cl)cc2)N(C)C1=O. The summed E-state index contributed by atoms with van der Waals surface area (Å²) in [7, 11) is 5.32. The number of amides is 4. The Labute approximate surface area is 403 Å². The zero-order chi connectivity index (χ0) is 47.8. The van der Waals surface area contributed by atoms with Crippen LogP contribution < -0.4 is 10.1 Å². The number of nitrogens with zero attached hydrogens (tertiary/aromatic N) is 6. The number of halogens is 2. The van der Waals surface area contributed by atoms with E-state index in [0.29, 0.717) is 33.5 Å². The molecule has 4 atom stereocenters. The summed E-state index contributed by atoms with van der Waals surface area (Å²) in [5, 5.41) is 3.79. The molecule has 13 nitrogen and oxygen atoms in total. The van der Waals surface area contributed by atoms with Crippen LogP contribution in [0.4, 0.5) is 0 Å². The van der Waals surface area contributed by atoms with E-state index in [4.69, 9.17) is 32.9 Å². The second-order valence-electron chi connectivity index (χ2n) is 17.9. The maximum atomic E-state index is 14.9. The highest BCUT2D eigenvalue weighted by Crippen LogP contribution is 2.33. The van der Waals surface area contributed by atoms with E-state index >= 15 is 0 Å². The van der Waals surface area contributed by atoms with E-state index in [1.807, 2.05) is 80.0 Å². The molecule has 1 aromatic heterocycles. The molecular weight excluding hydrogens is 890 g/mol. The molecule has 0 spiro atoms. The summed E-state index contributed by atoms with van der Waals surface area (Å²) in [4.78, 5) is 82.7. The first-order chi connectivity index (χ1) is 32.1. The molecule has 15 heteroatoms. The molecule has 4 amide bonds. The number of imidazole rings is 1. The molecule has 4 aromatic carbocycles. The van der Waals surface area contributed by atoms with Crippen LogP contribution in [0.15, 0.2) is 103 Å². The van der Waals surface area contributed by atoms with Crippen molar-refractivity contribution in [2.75, 3.05) is 33.7 Å². The Kier molecular flexibility index (Phi) is 16.2. The number of carbonyl (C=O) groups is 5. The molecule has 0 aliphatic carbocycles. The van der Waals surface area contributed by atoms with Crippen LogP contribution in [0.3, 0.4) is 0 Å². The number of likely N-dealkylation sites (N-methyl/N-ethyl adjacent to an activating group) is 2. The van der Waals surface area contributed by atoms with Gasteiger partial charge in [-0.15, -0.1) is 0 Å². The third kappa shape index (κ3) is 12.5. The Bertz CT molecular complexity index is 2550. The smallest absolute Gasteiger partial charge is 0.245 e. The molecule has 2 aliphatic rings. The number of likely N-dealkylation sites (tertiary alicyclic amines) is 1. The molecule has 2 aliphatic heterocycles. The molecule has 3 heterocycles. The van der Waals surface area contributed by atoms with Gasteiger partial charge in [0.25, 0.3) is 0 Å². The number of benzene rings is 4. The van der Waals surface area contributed by atoms with Gasteiger partial charge in [-0.05, 0) is 112 Å². The fourth-order valence-electron chi connectivity index (χ4n) is 8.96. The van der Waals surface area contributed by atoms with Crippen molar-refractivity contribution in [2.24, 2.45) is 13.0 Å². The highest BCUT2D eigenvalue weighted by molar-refractivity contribution is 6.31. The fraction of sp³-hybridized carbons (Fsp3) is 0.385. The molecule has 0 saturated carbocycles. The van der Waals surface area contributed by atoms with Crippen molar-refractivity contribution in [1.29, 1.82) is 0 Å². The van der Waals surface area contributed by atoms with Gasteiger partial charge in [0.2, 0.25) is 23.6 Å².